The summed E-state index contributed by atoms with van der Waals surface area (Å²) in [6, 6.07) is 11.6. The van der Waals surface area contributed by atoms with E-state index in [9.17, 15) is 5.11 Å². The molecule has 2 N–H and O–H groups in total. The Kier molecular flexibility index (Phi) is 5.65. The van der Waals surface area contributed by atoms with Crippen LogP contribution >= 0.6 is 0 Å². The number of furan rings is 1. The molecule has 0 radical (unpaired) electrons. The number of rotatable bonds is 8. The minimum Gasteiger partial charge on any atom is -0.491 e. The molecule has 0 amide bonds. The fourth-order valence-electron chi connectivity index (χ4n) is 1.90. The molecule has 1 aromatic heterocycles. The van der Waals surface area contributed by atoms with Crippen LogP contribution < -0.4 is 10.1 Å². The number of hydrogen-bond donors (Lipinski definition) is 2. The molecular formula is C16H21NO3. The van der Waals surface area contributed by atoms with E-state index < -0.39 is 6.10 Å². The minimum absolute atomic E-state index is 0.290. The van der Waals surface area contributed by atoms with Gasteiger partial charge in [0.15, 0.2) is 0 Å². The van der Waals surface area contributed by atoms with Crippen molar-refractivity contribution in [2.24, 2.45) is 0 Å². The number of aliphatic hydroxyl groups excluding tert-OH is 1. The van der Waals surface area contributed by atoms with E-state index in [2.05, 4.69) is 5.32 Å². The number of para-hydroxylation sites is 1. The third-order valence-electron chi connectivity index (χ3n) is 3.03. The van der Waals surface area contributed by atoms with Crippen LogP contribution in [0.1, 0.15) is 11.3 Å². The van der Waals surface area contributed by atoms with E-state index in [0.29, 0.717) is 13.2 Å². The first-order valence-electron chi connectivity index (χ1n) is 6.85. The van der Waals surface area contributed by atoms with Crippen molar-refractivity contribution in [1.82, 2.24) is 5.32 Å². The van der Waals surface area contributed by atoms with Gasteiger partial charge in [0.05, 0.1) is 6.26 Å². The Hall–Kier alpha value is -1.78. The summed E-state index contributed by atoms with van der Waals surface area (Å²) in [4.78, 5) is 0. The quantitative estimate of drug-likeness (QED) is 0.725. The Balaban J connectivity index is 1.61. The van der Waals surface area contributed by atoms with E-state index in [4.69, 9.17) is 9.15 Å². The van der Waals surface area contributed by atoms with Gasteiger partial charge in [-0.25, -0.2) is 0 Å². The zero-order valence-electron chi connectivity index (χ0n) is 11.7. The van der Waals surface area contributed by atoms with Gasteiger partial charge < -0.3 is 19.6 Å². The lowest BCUT2D eigenvalue weighted by atomic mass is 10.2. The van der Waals surface area contributed by atoms with E-state index in [-0.39, 0.29) is 0 Å². The van der Waals surface area contributed by atoms with Crippen LogP contribution in [0.5, 0.6) is 5.75 Å². The third kappa shape index (κ3) is 4.72. The minimum atomic E-state index is -0.522. The van der Waals surface area contributed by atoms with Gasteiger partial charge in [-0.05, 0) is 30.7 Å². The molecule has 0 fully saturated rings. The van der Waals surface area contributed by atoms with Gasteiger partial charge in [0.2, 0.25) is 0 Å². The molecule has 1 atom stereocenters. The van der Waals surface area contributed by atoms with Crippen molar-refractivity contribution >= 4 is 0 Å². The molecule has 1 unspecified atom stereocenters. The van der Waals surface area contributed by atoms with Crippen molar-refractivity contribution in [2.45, 2.75) is 19.4 Å². The first kappa shape index (κ1) is 14.6. The van der Waals surface area contributed by atoms with Gasteiger partial charge in [-0.1, -0.05) is 18.2 Å². The van der Waals surface area contributed by atoms with Gasteiger partial charge in [-0.15, -0.1) is 0 Å². The maximum Gasteiger partial charge on any atom is 0.122 e. The van der Waals surface area contributed by atoms with Crippen molar-refractivity contribution in [3.8, 4) is 5.75 Å². The largest absolute Gasteiger partial charge is 0.491 e. The number of aliphatic hydroxyl groups is 1. The lowest BCUT2D eigenvalue weighted by Gasteiger charge is -2.14. The first-order valence-corrected chi connectivity index (χ1v) is 6.85. The molecule has 0 aliphatic carbocycles. The highest BCUT2D eigenvalue weighted by molar-refractivity contribution is 5.31. The van der Waals surface area contributed by atoms with Crippen molar-refractivity contribution in [2.75, 3.05) is 19.7 Å². The van der Waals surface area contributed by atoms with Crippen LogP contribution in [0.2, 0.25) is 0 Å². The summed E-state index contributed by atoms with van der Waals surface area (Å²) in [5, 5.41) is 13.0. The van der Waals surface area contributed by atoms with Crippen molar-refractivity contribution in [1.29, 1.82) is 0 Å². The lowest BCUT2D eigenvalue weighted by Crippen LogP contribution is -2.32. The zero-order valence-corrected chi connectivity index (χ0v) is 11.7. The normalized spacial score (nSPS) is 12.3. The molecule has 0 bridgehead atoms. The van der Waals surface area contributed by atoms with Crippen molar-refractivity contribution in [3.05, 3.63) is 54.0 Å². The van der Waals surface area contributed by atoms with E-state index in [1.807, 2.05) is 43.3 Å². The highest BCUT2D eigenvalue weighted by Gasteiger charge is 2.06. The summed E-state index contributed by atoms with van der Waals surface area (Å²) in [6.45, 7) is 3.56. The molecule has 0 spiro atoms. The molecule has 2 rings (SSSR count). The Bertz CT molecular complexity index is 496. The van der Waals surface area contributed by atoms with Crippen LogP contribution in [-0.2, 0) is 6.42 Å². The van der Waals surface area contributed by atoms with Gasteiger partial charge >= 0.3 is 0 Å². The Labute approximate surface area is 119 Å². The van der Waals surface area contributed by atoms with Crippen molar-refractivity contribution in [3.63, 3.8) is 0 Å². The van der Waals surface area contributed by atoms with Gasteiger partial charge in [-0.2, -0.15) is 0 Å². The van der Waals surface area contributed by atoms with Crippen LogP contribution in [0.15, 0.2) is 47.1 Å². The fraction of sp³-hybridized carbons (Fsp3) is 0.375. The number of nitrogens with one attached hydrogen (secondary N) is 1. The molecule has 4 nitrogen and oxygen atoms in total. The van der Waals surface area contributed by atoms with Gasteiger partial charge in [0, 0.05) is 19.5 Å². The summed E-state index contributed by atoms with van der Waals surface area (Å²) in [7, 11) is 0. The fourth-order valence-corrected chi connectivity index (χ4v) is 1.90. The molecule has 4 heteroatoms. The molecular weight excluding hydrogens is 254 g/mol. The third-order valence-corrected chi connectivity index (χ3v) is 3.03. The maximum atomic E-state index is 9.85. The smallest absolute Gasteiger partial charge is 0.122 e. The Morgan fingerprint density at radius 1 is 1.25 bits per heavy atom. The predicted octanol–water partition coefficient (Wildman–Crippen LogP) is 2.16. The zero-order chi connectivity index (χ0) is 14.2. The second-order valence-electron chi connectivity index (χ2n) is 4.76. The van der Waals surface area contributed by atoms with Gasteiger partial charge in [-0.3, -0.25) is 0 Å². The SMILES string of the molecule is Cc1ccccc1OCC(O)CNCCc1ccco1. The molecule has 0 saturated carbocycles. The van der Waals surface area contributed by atoms with E-state index in [0.717, 1.165) is 30.0 Å². The molecule has 0 aliphatic heterocycles. The Morgan fingerprint density at radius 3 is 2.85 bits per heavy atom. The standard InChI is InChI=1S/C16H21NO3/c1-13-5-2-3-7-16(13)20-12-14(18)11-17-9-8-15-6-4-10-19-15/h2-7,10,14,17-18H,8-9,11-12H2,1H3. The van der Waals surface area contributed by atoms with Gasteiger partial charge in [0.1, 0.15) is 24.2 Å². The molecule has 1 aromatic carbocycles. The summed E-state index contributed by atoms with van der Waals surface area (Å²) in [5.74, 6) is 1.77. The first-order chi connectivity index (χ1) is 9.75. The number of ether oxygens (including phenoxy) is 1. The molecule has 0 saturated heterocycles. The number of benzene rings is 1. The monoisotopic (exact) mass is 275 g/mol. The summed E-state index contributed by atoms with van der Waals surface area (Å²) in [6.07, 6.45) is 1.96. The maximum absolute atomic E-state index is 9.85. The highest BCUT2D eigenvalue weighted by atomic mass is 16.5. The van der Waals surface area contributed by atoms with Gasteiger partial charge in [0.25, 0.3) is 0 Å². The van der Waals surface area contributed by atoms with E-state index >= 15 is 0 Å². The summed E-state index contributed by atoms with van der Waals surface area (Å²) >= 11 is 0. The predicted molar refractivity (Wildman–Crippen MR) is 78.0 cm³/mol. The molecule has 0 aliphatic rings. The number of aryl methyl sites for hydroxylation is 1. The van der Waals surface area contributed by atoms with Crippen LogP contribution in [0.25, 0.3) is 0 Å². The average molecular weight is 275 g/mol. The van der Waals surface area contributed by atoms with E-state index in [1.165, 1.54) is 0 Å². The van der Waals surface area contributed by atoms with Crippen molar-refractivity contribution < 1.29 is 14.3 Å². The van der Waals surface area contributed by atoms with Crippen LogP contribution in [-0.4, -0.2) is 30.9 Å². The molecule has 108 valence electrons. The molecule has 2 aromatic rings. The van der Waals surface area contributed by atoms with Crippen LogP contribution in [0.3, 0.4) is 0 Å². The van der Waals surface area contributed by atoms with Crippen LogP contribution in [0, 0.1) is 6.92 Å². The second-order valence-corrected chi connectivity index (χ2v) is 4.76. The molecule has 1 heterocycles. The summed E-state index contributed by atoms with van der Waals surface area (Å²) in [5.41, 5.74) is 1.07. The lowest BCUT2D eigenvalue weighted by molar-refractivity contribution is 0.106. The topological polar surface area (TPSA) is 54.6 Å². The molecule has 20 heavy (non-hydrogen) atoms. The summed E-state index contributed by atoms with van der Waals surface area (Å²) < 4.78 is 10.8. The highest BCUT2D eigenvalue weighted by Crippen LogP contribution is 2.16. The Morgan fingerprint density at radius 2 is 2.10 bits per heavy atom. The van der Waals surface area contributed by atoms with E-state index in [1.54, 1.807) is 6.26 Å². The average Bonchev–Trinajstić information content (AvgIpc) is 2.96. The van der Waals surface area contributed by atoms with Crippen LogP contribution in [0.4, 0.5) is 0 Å². The number of hydrogen-bond acceptors (Lipinski definition) is 4. The second kappa shape index (κ2) is 7.72.